The van der Waals surface area contributed by atoms with Crippen molar-refractivity contribution in [2.75, 3.05) is 12.0 Å². The van der Waals surface area contributed by atoms with Gasteiger partial charge in [0.15, 0.2) is 6.17 Å². The number of hydrogen-bond donors (Lipinski definition) is 2. The topological polar surface area (TPSA) is 89.2 Å². The second kappa shape index (κ2) is 6.00. The Balaban J connectivity index is 2.03. The van der Waals surface area contributed by atoms with Gasteiger partial charge in [-0.15, -0.1) is 0 Å². The molecule has 1 aliphatic rings. The highest BCUT2D eigenvalue weighted by molar-refractivity contribution is 6.04. The highest BCUT2D eigenvalue weighted by Crippen LogP contribution is 2.31. The summed E-state index contributed by atoms with van der Waals surface area (Å²) in [6.45, 7) is 2.04. The van der Waals surface area contributed by atoms with Gasteiger partial charge in [-0.1, -0.05) is 29.8 Å². The van der Waals surface area contributed by atoms with E-state index in [1.807, 2.05) is 60.4 Å². The molecule has 23 heavy (non-hydrogen) atoms. The van der Waals surface area contributed by atoms with E-state index in [-0.39, 0.29) is 12.1 Å². The lowest BCUT2D eigenvalue weighted by Crippen LogP contribution is -2.44. The van der Waals surface area contributed by atoms with Gasteiger partial charge in [-0.3, -0.25) is 4.90 Å². The van der Waals surface area contributed by atoms with Crippen LogP contribution >= 0.6 is 0 Å². The van der Waals surface area contributed by atoms with Crippen LogP contribution in [0, 0.1) is 6.92 Å². The molecule has 0 fully saturated rings. The second-order valence-electron chi connectivity index (χ2n) is 5.31. The molecule has 118 valence electrons. The lowest BCUT2D eigenvalue weighted by molar-refractivity contribution is 0.414. The summed E-state index contributed by atoms with van der Waals surface area (Å²) in [6.07, 6.45) is -0.360. The third-order valence-electron chi connectivity index (χ3n) is 3.70. The fourth-order valence-electron chi connectivity index (χ4n) is 2.49. The summed E-state index contributed by atoms with van der Waals surface area (Å²) in [6, 6.07) is 15.7. The Bertz CT molecular complexity index is 750. The number of anilines is 1. The smallest absolute Gasteiger partial charge is 0.221 e. The van der Waals surface area contributed by atoms with Crippen molar-refractivity contribution in [3.63, 3.8) is 0 Å². The second-order valence-corrected chi connectivity index (χ2v) is 5.31. The molecule has 0 saturated heterocycles. The molecule has 2 aromatic carbocycles. The van der Waals surface area contributed by atoms with Crippen molar-refractivity contribution in [2.45, 2.75) is 13.1 Å². The molecular weight excluding hydrogens is 290 g/mol. The lowest BCUT2D eigenvalue weighted by Gasteiger charge is -2.32. The molecule has 0 aromatic heterocycles. The summed E-state index contributed by atoms with van der Waals surface area (Å²) >= 11 is 0. The van der Waals surface area contributed by atoms with E-state index in [0.29, 0.717) is 5.96 Å². The lowest BCUT2D eigenvalue weighted by atomic mass is 10.1. The van der Waals surface area contributed by atoms with Gasteiger partial charge >= 0.3 is 0 Å². The van der Waals surface area contributed by atoms with E-state index in [2.05, 4.69) is 9.98 Å². The van der Waals surface area contributed by atoms with Gasteiger partial charge < -0.3 is 16.2 Å². The maximum Gasteiger partial charge on any atom is 0.221 e. The Labute approximate surface area is 135 Å². The Kier molecular flexibility index (Phi) is 3.89. The number of rotatable bonds is 3. The number of aliphatic imine (C=N–C) groups is 2. The molecule has 2 aromatic rings. The minimum atomic E-state index is -0.360. The van der Waals surface area contributed by atoms with E-state index < -0.39 is 0 Å². The maximum atomic E-state index is 6.11. The SMILES string of the molecule is COc1ccc([C@@H]2N=C(N)N=C(N)N2c2ccc(C)cc2)cc1. The minimum Gasteiger partial charge on any atom is -0.497 e. The van der Waals surface area contributed by atoms with Crippen molar-refractivity contribution in [3.05, 3.63) is 59.7 Å². The van der Waals surface area contributed by atoms with Crippen LogP contribution in [0.5, 0.6) is 5.75 Å². The van der Waals surface area contributed by atoms with Crippen molar-refractivity contribution in [1.82, 2.24) is 0 Å². The molecule has 0 aliphatic carbocycles. The minimum absolute atomic E-state index is 0.173. The number of guanidine groups is 2. The quantitative estimate of drug-likeness (QED) is 0.909. The normalized spacial score (nSPS) is 17.5. The number of nitrogens with two attached hydrogens (primary N) is 2. The molecule has 0 bridgehead atoms. The first-order chi connectivity index (χ1) is 11.1. The van der Waals surface area contributed by atoms with Crippen molar-refractivity contribution < 1.29 is 4.74 Å². The molecule has 0 radical (unpaired) electrons. The predicted octanol–water partition coefficient (Wildman–Crippen LogP) is 2.15. The van der Waals surface area contributed by atoms with Gasteiger partial charge in [0.05, 0.1) is 7.11 Å². The summed E-state index contributed by atoms with van der Waals surface area (Å²) in [5.74, 6) is 1.28. The molecule has 1 atom stereocenters. The molecule has 6 nitrogen and oxygen atoms in total. The molecule has 4 N–H and O–H groups in total. The Morgan fingerprint density at radius 3 is 2.26 bits per heavy atom. The van der Waals surface area contributed by atoms with Gasteiger partial charge in [0.25, 0.3) is 0 Å². The first kappa shape index (κ1) is 14.9. The fourth-order valence-corrected chi connectivity index (χ4v) is 2.49. The molecule has 0 spiro atoms. The van der Waals surface area contributed by atoms with Gasteiger partial charge in [-0.25, -0.2) is 4.99 Å². The van der Waals surface area contributed by atoms with Gasteiger partial charge in [0.1, 0.15) is 5.75 Å². The van der Waals surface area contributed by atoms with Gasteiger partial charge in [-0.2, -0.15) is 4.99 Å². The monoisotopic (exact) mass is 309 g/mol. The van der Waals surface area contributed by atoms with Crippen LogP contribution in [0.2, 0.25) is 0 Å². The maximum absolute atomic E-state index is 6.11. The molecule has 0 amide bonds. The van der Waals surface area contributed by atoms with Crippen LogP contribution in [0.3, 0.4) is 0 Å². The molecule has 3 rings (SSSR count). The number of benzene rings is 2. The van der Waals surface area contributed by atoms with Crippen molar-refractivity contribution >= 4 is 17.6 Å². The van der Waals surface area contributed by atoms with Gasteiger partial charge in [0, 0.05) is 5.69 Å². The largest absolute Gasteiger partial charge is 0.497 e. The van der Waals surface area contributed by atoms with E-state index >= 15 is 0 Å². The molecule has 1 aliphatic heterocycles. The summed E-state index contributed by atoms with van der Waals surface area (Å²) in [5, 5.41) is 0. The predicted molar refractivity (Wildman–Crippen MR) is 92.6 cm³/mol. The first-order valence-corrected chi connectivity index (χ1v) is 7.26. The van der Waals surface area contributed by atoms with Crippen LogP contribution in [0.25, 0.3) is 0 Å². The van der Waals surface area contributed by atoms with E-state index in [0.717, 1.165) is 17.0 Å². The van der Waals surface area contributed by atoms with E-state index in [4.69, 9.17) is 16.2 Å². The number of aryl methyl sites for hydroxylation is 1. The number of hydrogen-bond acceptors (Lipinski definition) is 6. The van der Waals surface area contributed by atoms with Gasteiger partial charge in [-0.05, 0) is 36.8 Å². The van der Waals surface area contributed by atoms with Crippen molar-refractivity contribution in [2.24, 2.45) is 21.5 Å². The van der Waals surface area contributed by atoms with E-state index in [9.17, 15) is 0 Å². The zero-order valence-corrected chi connectivity index (χ0v) is 13.1. The fraction of sp³-hybridized carbons (Fsp3) is 0.176. The number of ether oxygens (including phenoxy) is 1. The summed E-state index contributed by atoms with van der Waals surface area (Å²) in [4.78, 5) is 10.4. The highest BCUT2D eigenvalue weighted by Gasteiger charge is 2.27. The van der Waals surface area contributed by atoms with Crippen LogP contribution in [-0.2, 0) is 0 Å². The van der Waals surface area contributed by atoms with Crippen molar-refractivity contribution in [1.29, 1.82) is 0 Å². The molecule has 0 saturated carbocycles. The van der Waals surface area contributed by atoms with Crippen LogP contribution in [0.1, 0.15) is 17.3 Å². The van der Waals surface area contributed by atoms with Crippen molar-refractivity contribution in [3.8, 4) is 5.75 Å². The van der Waals surface area contributed by atoms with Crippen LogP contribution in [0.4, 0.5) is 5.69 Å². The van der Waals surface area contributed by atoms with Crippen LogP contribution in [0.15, 0.2) is 58.5 Å². The summed E-state index contributed by atoms with van der Waals surface area (Å²) in [5.41, 5.74) is 15.0. The molecular formula is C17H19N5O. The zero-order chi connectivity index (χ0) is 16.4. The third kappa shape index (κ3) is 2.96. The van der Waals surface area contributed by atoms with Crippen LogP contribution < -0.4 is 21.1 Å². The molecule has 0 unspecified atom stereocenters. The van der Waals surface area contributed by atoms with Gasteiger partial charge in [0.2, 0.25) is 11.9 Å². The number of methoxy groups -OCH3 is 1. The van der Waals surface area contributed by atoms with Crippen LogP contribution in [-0.4, -0.2) is 19.0 Å². The highest BCUT2D eigenvalue weighted by atomic mass is 16.5. The number of nitrogens with zero attached hydrogens (tertiary/aromatic N) is 3. The molecule has 6 heteroatoms. The average molecular weight is 309 g/mol. The Hall–Kier alpha value is -3.02. The molecule has 1 heterocycles. The third-order valence-corrected chi connectivity index (χ3v) is 3.70. The Morgan fingerprint density at radius 1 is 1.00 bits per heavy atom. The average Bonchev–Trinajstić information content (AvgIpc) is 2.55. The summed E-state index contributed by atoms with van der Waals surface area (Å²) in [7, 11) is 1.63. The Morgan fingerprint density at radius 2 is 1.65 bits per heavy atom. The summed E-state index contributed by atoms with van der Waals surface area (Å²) < 4.78 is 5.20. The van der Waals surface area contributed by atoms with E-state index in [1.165, 1.54) is 5.56 Å². The zero-order valence-electron chi connectivity index (χ0n) is 13.1. The van der Waals surface area contributed by atoms with E-state index in [1.54, 1.807) is 7.11 Å². The standard InChI is InChI=1S/C17H19N5O/c1-11-3-7-13(8-4-11)22-15(20-16(18)21-17(22)19)12-5-9-14(23-2)10-6-12/h3-10,15H,1-2H3,(H4,18,19,20,21)/t15-/m1/s1. The first-order valence-electron chi connectivity index (χ1n) is 7.26.